The maximum atomic E-state index is 9.78. The third-order valence-electron chi connectivity index (χ3n) is 2.94. The molecular weight excluding hydrogens is 190 g/mol. The van der Waals surface area contributed by atoms with Crippen LogP contribution in [0.5, 0.6) is 5.75 Å². The van der Waals surface area contributed by atoms with E-state index in [4.69, 9.17) is 4.74 Å². The molecule has 1 aromatic heterocycles. The summed E-state index contributed by atoms with van der Waals surface area (Å²) in [7, 11) is 0. The molecule has 0 fully saturated rings. The second-order valence-electron chi connectivity index (χ2n) is 3.89. The van der Waals surface area contributed by atoms with Crippen LogP contribution in [0.2, 0.25) is 0 Å². The number of aryl methyl sites for hydroxylation is 1. The van der Waals surface area contributed by atoms with Gasteiger partial charge >= 0.3 is 0 Å². The highest BCUT2D eigenvalue weighted by Crippen LogP contribution is 2.32. The van der Waals surface area contributed by atoms with E-state index in [1.54, 1.807) is 6.20 Å². The predicted octanol–water partition coefficient (Wildman–Crippen LogP) is 1.61. The first-order chi connectivity index (χ1) is 7.27. The Morgan fingerprint density at radius 3 is 3.07 bits per heavy atom. The fourth-order valence-corrected chi connectivity index (χ4v) is 2.20. The van der Waals surface area contributed by atoms with Gasteiger partial charge in [0, 0.05) is 22.8 Å². The first kappa shape index (κ1) is 8.53. The van der Waals surface area contributed by atoms with Gasteiger partial charge in [-0.2, -0.15) is 0 Å². The van der Waals surface area contributed by atoms with Crippen molar-refractivity contribution >= 4 is 10.9 Å². The van der Waals surface area contributed by atoms with Crippen molar-refractivity contribution in [3.63, 3.8) is 0 Å². The number of nitrogens with zero attached hydrogens (tertiary/aromatic N) is 1. The summed E-state index contributed by atoms with van der Waals surface area (Å²) in [5.74, 6) is 0.875. The van der Waals surface area contributed by atoms with Crippen LogP contribution in [0.4, 0.5) is 0 Å². The molecule has 3 heteroatoms. The molecule has 1 aromatic carbocycles. The number of pyridine rings is 1. The molecular formula is C12H12NO2+. The number of hydrogen-bond donors (Lipinski definition) is 1. The van der Waals surface area contributed by atoms with Crippen LogP contribution in [0.25, 0.3) is 10.9 Å². The molecule has 0 unspecified atom stereocenters. The van der Waals surface area contributed by atoms with E-state index in [1.165, 1.54) is 10.3 Å². The SMILES string of the molecule is Cc1ccc2c3c(cc[n+](O)c13)CCO2. The molecule has 0 amide bonds. The van der Waals surface area contributed by atoms with Crippen molar-refractivity contribution in [2.75, 3.05) is 6.61 Å². The summed E-state index contributed by atoms with van der Waals surface area (Å²) in [5, 5.41) is 10.8. The normalized spacial score (nSPS) is 13.9. The van der Waals surface area contributed by atoms with E-state index in [0.29, 0.717) is 0 Å². The number of aromatic nitrogens is 1. The summed E-state index contributed by atoms with van der Waals surface area (Å²) in [6.07, 6.45) is 2.60. The molecule has 3 rings (SSSR count). The number of rotatable bonds is 0. The zero-order valence-electron chi connectivity index (χ0n) is 8.53. The Bertz CT molecular complexity index is 504. The van der Waals surface area contributed by atoms with E-state index < -0.39 is 0 Å². The van der Waals surface area contributed by atoms with E-state index >= 15 is 0 Å². The Balaban J connectivity index is 2.54. The molecule has 0 saturated heterocycles. The maximum Gasteiger partial charge on any atom is 0.271 e. The van der Waals surface area contributed by atoms with Crippen molar-refractivity contribution in [3.8, 4) is 5.75 Å². The standard InChI is InChI=1S/C12H12NO2/c1-8-2-3-10-11-9(5-7-15-10)4-6-13(14)12(8)11/h2-4,6,14H,5,7H2,1H3/q+1. The lowest BCUT2D eigenvalue weighted by molar-refractivity contribution is -0.884. The monoisotopic (exact) mass is 202 g/mol. The van der Waals surface area contributed by atoms with Crippen LogP contribution in [0.15, 0.2) is 24.4 Å². The van der Waals surface area contributed by atoms with Crippen LogP contribution in [0.1, 0.15) is 11.1 Å². The molecule has 0 saturated carbocycles. The van der Waals surface area contributed by atoms with Crippen LogP contribution in [-0.2, 0) is 6.42 Å². The molecule has 3 nitrogen and oxygen atoms in total. The van der Waals surface area contributed by atoms with Gasteiger partial charge in [0.1, 0.15) is 5.75 Å². The second-order valence-corrected chi connectivity index (χ2v) is 3.89. The van der Waals surface area contributed by atoms with E-state index in [0.717, 1.165) is 35.2 Å². The van der Waals surface area contributed by atoms with Gasteiger partial charge in [-0.05, 0) is 24.6 Å². The van der Waals surface area contributed by atoms with Gasteiger partial charge in [-0.25, -0.2) is 0 Å². The first-order valence-corrected chi connectivity index (χ1v) is 5.06. The quantitative estimate of drug-likeness (QED) is 0.520. The fourth-order valence-electron chi connectivity index (χ4n) is 2.20. The maximum absolute atomic E-state index is 9.78. The van der Waals surface area contributed by atoms with E-state index in [1.807, 2.05) is 25.1 Å². The summed E-state index contributed by atoms with van der Waals surface area (Å²) >= 11 is 0. The lowest BCUT2D eigenvalue weighted by Gasteiger charge is -2.16. The zero-order chi connectivity index (χ0) is 10.4. The Hall–Kier alpha value is -1.77. The number of hydrogen-bond acceptors (Lipinski definition) is 2. The van der Waals surface area contributed by atoms with Crippen LogP contribution in [0, 0.1) is 6.92 Å². The largest absolute Gasteiger partial charge is 0.492 e. The summed E-state index contributed by atoms with van der Waals surface area (Å²) in [4.78, 5) is 0. The minimum Gasteiger partial charge on any atom is -0.492 e. The third-order valence-corrected chi connectivity index (χ3v) is 2.94. The van der Waals surface area contributed by atoms with Crippen molar-refractivity contribution in [2.45, 2.75) is 13.3 Å². The molecule has 1 N–H and O–H groups in total. The van der Waals surface area contributed by atoms with Crippen molar-refractivity contribution < 1.29 is 14.7 Å². The highest BCUT2D eigenvalue weighted by Gasteiger charge is 2.22. The fraction of sp³-hybridized carbons (Fsp3) is 0.250. The molecule has 2 heterocycles. The van der Waals surface area contributed by atoms with Gasteiger partial charge in [0.25, 0.3) is 5.52 Å². The molecule has 0 spiro atoms. The molecule has 0 radical (unpaired) electrons. The van der Waals surface area contributed by atoms with Crippen LogP contribution in [0.3, 0.4) is 0 Å². The average molecular weight is 202 g/mol. The summed E-state index contributed by atoms with van der Waals surface area (Å²) < 4.78 is 6.75. The molecule has 76 valence electrons. The molecule has 2 aromatic rings. The third kappa shape index (κ3) is 1.09. The smallest absolute Gasteiger partial charge is 0.271 e. The van der Waals surface area contributed by atoms with Gasteiger partial charge in [-0.15, -0.1) is 0 Å². The van der Waals surface area contributed by atoms with Gasteiger partial charge in [-0.1, -0.05) is 0 Å². The second kappa shape index (κ2) is 2.86. The molecule has 0 aliphatic carbocycles. The van der Waals surface area contributed by atoms with Gasteiger partial charge in [0.05, 0.1) is 12.0 Å². The molecule has 15 heavy (non-hydrogen) atoms. The lowest BCUT2D eigenvalue weighted by Crippen LogP contribution is -2.32. The number of ether oxygens (including phenoxy) is 1. The molecule has 0 bridgehead atoms. The van der Waals surface area contributed by atoms with E-state index in [-0.39, 0.29) is 0 Å². The van der Waals surface area contributed by atoms with E-state index in [2.05, 4.69) is 0 Å². The van der Waals surface area contributed by atoms with Crippen LogP contribution in [-0.4, -0.2) is 11.8 Å². The van der Waals surface area contributed by atoms with Crippen LogP contribution >= 0.6 is 0 Å². The van der Waals surface area contributed by atoms with Gasteiger partial charge in [0.2, 0.25) is 6.20 Å². The topological polar surface area (TPSA) is 33.3 Å². The summed E-state index contributed by atoms with van der Waals surface area (Å²) in [6, 6.07) is 5.90. The molecule has 1 aliphatic heterocycles. The van der Waals surface area contributed by atoms with Crippen molar-refractivity contribution in [1.82, 2.24) is 0 Å². The van der Waals surface area contributed by atoms with Gasteiger partial charge < -0.3 is 4.74 Å². The molecule has 1 aliphatic rings. The lowest BCUT2D eigenvalue weighted by atomic mass is 10.0. The Kier molecular flexibility index (Phi) is 1.63. The van der Waals surface area contributed by atoms with Crippen molar-refractivity contribution in [3.05, 3.63) is 35.5 Å². The summed E-state index contributed by atoms with van der Waals surface area (Å²) in [6.45, 7) is 2.71. The van der Waals surface area contributed by atoms with E-state index in [9.17, 15) is 5.21 Å². The Labute approximate surface area is 87.5 Å². The minimum absolute atomic E-state index is 0.723. The highest BCUT2D eigenvalue weighted by molar-refractivity contribution is 5.88. The number of benzene rings is 1. The minimum atomic E-state index is 0.723. The highest BCUT2D eigenvalue weighted by atomic mass is 16.5. The zero-order valence-corrected chi connectivity index (χ0v) is 8.53. The average Bonchev–Trinajstić information content (AvgIpc) is 2.25. The van der Waals surface area contributed by atoms with Crippen molar-refractivity contribution in [1.29, 1.82) is 0 Å². The van der Waals surface area contributed by atoms with Crippen molar-refractivity contribution in [2.24, 2.45) is 0 Å². The van der Waals surface area contributed by atoms with Gasteiger partial charge in [0.15, 0.2) is 0 Å². The Morgan fingerprint density at radius 1 is 1.33 bits per heavy atom. The summed E-state index contributed by atoms with van der Waals surface area (Å²) in [5.41, 5.74) is 3.16. The molecule has 0 atom stereocenters. The van der Waals surface area contributed by atoms with Crippen LogP contribution < -0.4 is 9.47 Å². The first-order valence-electron chi connectivity index (χ1n) is 5.06. The Morgan fingerprint density at radius 2 is 2.20 bits per heavy atom. The van der Waals surface area contributed by atoms with Gasteiger partial charge in [-0.3, -0.25) is 5.21 Å². The predicted molar refractivity (Wildman–Crippen MR) is 55.3 cm³/mol.